The molecule has 0 aliphatic rings. The van der Waals surface area contributed by atoms with Crippen LogP contribution in [0.4, 0.5) is 4.79 Å². The number of primary amides is 1. The number of nitrogens with one attached hydrogen (secondary N) is 2. The summed E-state index contributed by atoms with van der Waals surface area (Å²) in [6, 6.07) is 2.87. The molecule has 0 spiro atoms. The molecule has 84 valence electrons. The number of halogens is 2. The highest BCUT2D eigenvalue weighted by Gasteiger charge is 2.12. The summed E-state index contributed by atoms with van der Waals surface area (Å²) in [7, 11) is 0. The quantitative estimate of drug-likeness (QED) is 0.745. The van der Waals surface area contributed by atoms with E-state index in [0.29, 0.717) is 16.2 Å². The molecule has 1 heterocycles. The van der Waals surface area contributed by atoms with Crippen LogP contribution in [0.5, 0.6) is 5.75 Å². The van der Waals surface area contributed by atoms with Gasteiger partial charge in [-0.15, -0.1) is 0 Å². The van der Waals surface area contributed by atoms with E-state index in [1.165, 1.54) is 0 Å². The molecular formula is C9H7BrClN3O2. The summed E-state index contributed by atoms with van der Waals surface area (Å²) in [4.78, 5) is 18.5. The van der Waals surface area contributed by atoms with E-state index in [-0.39, 0.29) is 0 Å². The smallest absolute Gasteiger partial charge is 0.345 e. The maximum absolute atomic E-state index is 10.5. The number of nitrogens with two attached hydrogens (primary N) is 1. The Hall–Kier alpha value is -1.40. The van der Waals surface area contributed by atoms with Gasteiger partial charge in [0.05, 0.1) is 15.9 Å². The van der Waals surface area contributed by atoms with Gasteiger partial charge in [-0.1, -0.05) is 11.6 Å². The predicted molar refractivity (Wildman–Crippen MR) is 64.4 cm³/mol. The minimum atomic E-state index is -0.777. The Kier molecular flexibility index (Phi) is 2.93. The van der Waals surface area contributed by atoms with E-state index in [9.17, 15) is 4.79 Å². The van der Waals surface area contributed by atoms with Gasteiger partial charge in [-0.3, -0.25) is 0 Å². The van der Waals surface area contributed by atoms with Crippen molar-refractivity contribution >= 4 is 44.5 Å². The number of carbonyl (C=O) groups is 1. The zero-order valence-electron chi connectivity index (χ0n) is 7.88. The van der Waals surface area contributed by atoms with Gasteiger partial charge < -0.3 is 15.6 Å². The Labute approximate surface area is 104 Å². The van der Waals surface area contributed by atoms with Crippen molar-refractivity contribution in [2.75, 3.05) is 0 Å². The topological polar surface area (TPSA) is 80.1 Å². The molecule has 1 aromatic heterocycles. The van der Waals surface area contributed by atoms with E-state index in [1.807, 2.05) is 17.6 Å². The number of hydrogen-bond acceptors (Lipinski definition) is 2. The van der Waals surface area contributed by atoms with Gasteiger partial charge in [-0.25, -0.2) is 4.79 Å². The fourth-order valence-electron chi connectivity index (χ4n) is 1.31. The summed E-state index contributed by atoms with van der Waals surface area (Å²) in [6.07, 6.45) is 1.58. The average molecular weight is 305 g/mol. The van der Waals surface area contributed by atoms with Crippen LogP contribution in [0.3, 0.4) is 0 Å². The highest BCUT2D eigenvalue weighted by Crippen LogP contribution is 2.36. The summed E-state index contributed by atoms with van der Waals surface area (Å²) in [5.74, 6) is 0.403. The van der Waals surface area contributed by atoms with Crippen LogP contribution in [-0.2, 0) is 0 Å². The Morgan fingerprint density at radius 3 is 3.00 bits per heavy atom. The minimum Gasteiger partial charge on any atom is -0.376 e. The number of aromatic amines is 1. The summed E-state index contributed by atoms with van der Waals surface area (Å²) in [5, 5.41) is 1.17. The Bertz CT molecular complexity index is 555. The second-order valence-electron chi connectivity index (χ2n) is 3.01. The van der Waals surface area contributed by atoms with Gasteiger partial charge in [-0.2, -0.15) is 5.48 Å². The van der Waals surface area contributed by atoms with Gasteiger partial charge in [0.1, 0.15) is 0 Å². The van der Waals surface area contributed by atoms with Crippen molar-refractivity contribution in [3.63, 3.8) is 0 Å². The van der Waals surface area contributed by atoms with Gasteiger partial charge in [-0.05, 0) is 28.1 Å². The minimum absolute atomic E-state index is 0.403. The maximum atomic E-state index is 10.5. The van der Waals surface area contributed by atoms with Crippen molar-refractivity contribution in [1.29, 1.82) is 0 Å². The first-order valence-electron chi connectivity index (χ1n) is 4.27. The van der Waals surface area contributed by atoms with Crippen LogP contribution in [0.2, 0.25) is 5.02 Å². The highest BCUT2D eigenvalue weighted by atomic mass is 79.9. The summed E-state index contributed by atoms with van der Waals surface area (Å²) < 4.78 is 0.741. The average Bonchev–Trinajstić information content (AvgIpc) is 2.64. The lowest BCUT2D eigenvalue weighted by Crippen LogP contribution is -2.32. The molecule has 16 heavy (non-hydrogen) atoms. The van der Waals surface area contributed by atoms with Crippen LogP contribution < -0.4 is 16.1 Å². The molecule has 2 rings (SSSR count). The third-order valence-electron chi connectivity index (χ3n) is 1.96. The number of aromatic nitrogens is 1. The first-order chi connectivity index (χ1) is 7.59. The van der Waals surface area contributed by atoms with Crippen molar-refractivity contribution in [1.82, 2.24) is 10.5 Å². The third kappa shape index (κ3) is 1.94. The van der Waals surface area contributed by atoms with Crippen LogP contribution in [0.1, 0.15) is 0 Å². The molecule has 0 saturated carbocycles. The Balaban J connectivity index is 2.46. The predicted octanol–water partition coefficient (Wildman–Crippen LogP) is 2.55. The van der Waals surface area contributed by atoms with Gasteiger partial charge in [0.15, 0.2) is 5.75 Å². The Morgan fingerprint density at radius 2 is 2.31 bits per heavy atom. The molecule has 0 radical (unpaired) electrons. The molecule has 5 nitrogen and oxygen atoms in total. The van der Waals surface area contributed by atoms with Crippen molar-refractivity contribution in [2.45, 2.75) is 0 Å². The lowest BCUT2D eigenvalue weighted by Gasteiger charge is -2.04. The second-order valence-corrected chi connectivity index (χ2v) is 4.24. The van der Waals surface area contributed by atoms with Gasteiger partial charge in [0, 0.05) is 10.7 Å². The van der Waals surface area contributed by atoms with Crippen LogP contribution in [0, 0.1) is 0 Å². The number of H-pyrrole nitrogens is 1. The number of urea groups is 1. The van der Waals surface area contributed by atoms with E-state index >= 15 is 0 Å². The van der Waals surface area contributed by atoms with Crippen molar-refractivity contribution in [3.8, 4) is 5.75 Å². The third-order valence-corrected chi connectivity index (χ3v) is 3.24. The Morgan fingerprint density at radius 1 is 1.56 bits per heavy atom. The number of fused-ring (bicyclic) bond motifs is 1. The molecular weight excluding hydrogens is 297 g/mol. The van der Waals surface area contributed by atoms with Crippen molar-refractivity contribution in [2.24, 2.45) is 5.73 Å². The zero-order chi connectivity index (χ0) is 11.7. The molecule has 0 atom stereocenters. The lowest BCUT2D eigenvalue weighted by atomic mass is 10.2. The summed E-state index contributed by atoms with van der Waals surface area (Å²) in [6.45, 7) is 0. The van der Waals surface area contributed by atoms with E-state index in [0.717, 1.165) is 9.99 Å². The number of rotatable bonds is 2. The fraction of sp³-hybridized carbons (Fsp3) is 0. The molecule has 0 saturated heterocycles. The van der Waals surface area contributed by atoms with Crippen LogP contribution in [0.15, 0.2) is 22.8 Å². The van der Waals surface area contributed by atoms with Crippen LogP contribution in [-0.4, -0.2) is 11.0 Å². The number of amides is 2. The molecule has 0 fully saturated rings. The largest absolute Gasteiger partial charge is 0.376 e. The number of carbonyl (C=O) groups excluding carboxylic acids is 1. The molecule has 0 aliphatic heterocycles. The summed E-state index contributed by atoms with van der Waals surface area (Å²) >= 11 is 9.40. The second kappa shape index (κ2) is 4.23. The normalized spacial score (nSPS) is 10.4. The summed E-state index contributed by atoms with van der Waals surface area (Å²) in [5.41, 5.74) is 7.73. The standard InChI is InChI=1S/C9H7BrClN3O2/c10-4-1-2-5-7(8(4)11)6(3-13-5)16-14-9(12)15/h1-3,13H,(H3,12,14,15). The van der Waals surface area contributed by atoms with E-state index in [4.69, 9.17) is 22.2 Å². The first kappa shape index (κ1) is 11.1. The molecule has 2 aromatic rings. The van der Waals surface area contributed by atoms with Crippen LogP contribution in [0.25, 0.3) is 10.9 Å². The van der Waals surface area contributed by atoms with Gasteiger partial charge in [0.25, 0.3) is 0 Å². The fourth-order valence-corrected chi connectivity index (χ4v) is 1.90. The molecule has 4 N–H and O–H groups in total. The van der Waals surface area contributed by atoms with Crippen molar-refractivity contribution < 1.29 is 9.63 Å². The molecule has 0 bridgehead atoms. The maximum Gasteiger partial charge on any atom is 0.345 e. The van der Waals surface area contributed by atoms with Gasteiger partial charge >= 0.3 is 6.03 Å². The van der Waals surface area contributed by atoms with Gasteiger partial charge in [0.2, 0.25) is 0 Å². The van der Waals surface area contributed by atoms with Crippen molar-refractivity contribution in [3.05, 3.63) is 27.8 Å². The number of benzene rings is 1. The SMILES string of the molecule is NC(=O)NOc1c[nH]c2ccc(Br)c(Cl)c12. The first-order valence-corrected chi connectivity index (χ1v) is 5.44. The van der Waals surface area contributed by atoms with E-state index in [2.05, 4.69) is 20.9 Å². The van der Waals surface area contributed by atoms with E-state index in [1.54, 1.807) is 6.20 Å². The molecule has 7 heteroatoms. The van der Waals surface area contributed by atoms with Crippen LogP contribution >= 0.6 is 27.5 Å². The zero-order valence-corrected chi connectivity index (χ0v) is 10.2. The lowest BCUT2D eigenvalue weighted by molar-refractivity contribution is 0.187. The monoisotopic (exact) mass is 303 g/mol. The number of hydrogen-bond donors (Lipinski definition) is 3. The molecule has 0 unspecified atom stereocenters. The highest BCUT2D eigenvalue weighted by molar-refractivity contribution is 9.10. The molecule has 2 amide bonds. The molecule has 0 aliphatic carbocycles. The van der Waals surface area contributed by atoms with E-state index < -0.39 is 6.03 Å². The molecule has 1 aromatic carbocycles. The number of hydroxylamine groups is 1.